The molecule has 0 bridgehead atoms. The van der Waals surface area contributed by atoms with Crippen molar-refractivity contribution in [3.8, 4) is 0 Å². The lowest BCUT2D eigenvalue weighted by molar-refractivity contribution is 0.160. The maximum Gasteiger partial charge on any atom is 0.123 e. The average Bonchev–Trinajstić information content (AvgIpc) is 2.45. The van der Waals surface area contributed by atoms with Crippen molar-refractivity contribution in [2.45, 2.75) is 59.0 Å². The predicted octanol–water partition coefficient (Wildman–Crippen LogP) is 4.36. The van der Waals surface area contributed by atoms with Gasteiger partial charge in [-0.15, -0.1) is 0 Å². The molecule has 1 atom stereocenters. The minimum Gasteiger partial charge on any atom is -0.324 e. The summed E-state index contributed by atoms with van der Waals surface area (Å²) < 4.78 is 13.0. The molecule has 0 aromatic heterocycles. The highest BCUT2D eigenvalue weighted by atomic mass is 19.1. The lowest BCUT2D eigenvalue weighted by Crippen LogP contribution is -2.39. The Balaban J connectivity index is 2.60. The number of nitrogens with two attached hydrogens (primary N) is 1. The maximum atomic E-state index is 13.0. The first kappa shape index (κ1) is 18.1. The minimum atomic E-state index is -0.204. The fourth-order valence-electron chi connectivity index (χ4n) is 2.88. The van der Waals surface area contributed by atoms with Crippen LogP contribution in [0.4, 0.5) is 4.39 Å². The van der Waals surface area contributed by atoms with Crippen molar-refractivity contribution in [3.63, 3.8) is 0 Å². The maximum absolute atomic E-state index is 13.0. The van der Waals surface area contributed by atoms with Gasteiger partial charge in [0.25, 0.3) is 0 Å². The molecule has 1 unspecified atom stereocenters. The van der Waals surface area contributed by atoms with E-state index in [-0.39, 0.29) is 11.9 Å². The Morgan fingerprint density at radius 2 is 1.67 bits per heavy atom. The molecule has 0 saturated carbocycles. The number of nitrogens with zero attached hydrogens (tertiary/aromatic N) is 1. The summed E-state index contributed by atoms with van der Waals surface area (Å²) in [5.41, 5.74) is 7.28. The summed E-state index contributed by atoms with van der Waals surface area (Å²) in [7, 11) is 0. The van der Waals surface area contributed by atoms with Gasteiger partial charge in [0, 0.05) is 25.2 Å². The van der Waals surface area contributed by atoms with Gasteiger partial charge in [-0.3, -0.25) is 0 Å². The van der Waals surface area contributed by atoms with Gasteiger partial charge in [0.15, 0.2) is 0 Å². The molecule has 0 aliphatic rings. The van der Waals surface area contributed by atoms with Crippen LogP contribution in [0.15, 0.2) is 24.3 Å². The highest BCUT2D eigenvalue weighted by Crippen LogP contribution is 2.18. The van der Waals surface area contributed by atoms with Crippen LogP contribution >= 0.6 is 0 Å². The highest BCUT2D eigenvalue weighted by molar-refractivity contribution is 5.19. The first-order valence-corrected chi connectivity index (χ1v) is 8.22. The van der Waals surface area contributed by atoms with Crippen LogP contribution in [-0.2, 0) is 0 Å². The SMILES string of the molecule is CCC(CC)N(CCC(N)c1ccc(F)cc1)CC(C)C. The van der Waals surface area contributed by atoms with Gasteiger partial charge in [0.05, 0.1) is 0 Å². The third kappa shape index (κ3) is 6.15. The number of hydrogen-bond acceptors (Lipinski definition) is 2. The Hall–Kier alpha value is -0.930. The van der Waals surface area contributed by atoms with Crippen molar-refractivity contribution >= 4 is 0 Å². The Kier molecular flexibility index (Phi) is 7.91. The summed E-state index contributed by atoms with van der Waals surface area (Å²) in [4.78, 5) is 2.56. The fourth-order valence-corrected chi connectivity index (χ4v) is 2.88. The van der Waals surface area contributed by atoms with Gasteiger partial charge < -0.3 is 10.6 Å². The third-order valence-electron chi connectivity index (χ3n) is 4.08. The second kappa shape index (κ2) is 9.16. The molecule has 3 heteroatoms. The lowest BCUT2D eigenvalue weighted by Gasteiger charge is -2.32. The van der Waals surface area contributed by atoms with E-state index < -0.39 is 0 Å². The van der Waals surface area contributed by atoms with E-state index in [0.717, 1.165) is 25.1 Å². The molecule has 0 aliphatic carbocycles. The van der Waals surface area contributed by atoms with Crippen molar-refractivity contribution in [3.05, 3.63) is 35.6 Å². The monoisotopic (exact) mass is 294 g/mol. The largest absolute Gasteiger partial charge is 0.324 e. The molecule has 1 aromatic carbocycles. The van der Waals surface area contributed by atoms with Crippen molar-refractivity contribution in [1.82, 2.24) is 4.90 Å². The Morgan fingerprint density at radius 3 is 2.14 bits per heavy atom. The Morgan fingerprint density at radius 1 is 1.10 bits per heavy atom. The van der Waals surface area contributed by atoms with E-state index in [4.69, 9.17) is 5.73 Å². The van der Waals surface area contributed by atoms with Crippen LogP contribution in [0.25, 0.3) is 0 Å². The number of benzene rings is 1. The molecule has 0 radical (unpaired) electrons. The quantitative estimate of drug-likeness (QED) is 0.733. The van der Waals surface area contributed by atoms with Crippen LogP contribution in [0.1, 0.15) is 58.6 Å². The zero-order chi connectivity index (χ0) is 15.8. The molecule has 0 heterocycles. The predicted molar refractivity (Wildman–Crippen MR) is 88.7 cm³/mol. The van der Waals surface area contributed by atoms with Gasteiger partial charge in [-0.05, 0) is 42.9 Å². The van der Waals surface area contributed by atoms with Gasteiger partial charge in [-0.25, -0.2) is 4.39 Å². The van der Waals surface area contributed by atoms with E-state index in [2.05, 4.69) is 32.6 Å². The molecule has 120 valence electrons. The topological polar surface area (TPSA) is 29.3 Å². The van der Waals surface area contributed by atoms with Crippen molar-refractivity contribution in [2.24, 2.45) is 11.7 Å². The minimum absolute atomic E-state index is 0.0189. The second-order valence-electron chi connectivity index (χ2n) is 6.31. The summed E-state index contributed by atoms with van der Waals surface area (Å²) in [5.74, 6) is 0.456. The van der Waals surface area contributed by atoms with Crippen molar-refractivity contribution in [1.29, 1.82) is 0 Å². The van der Waals surface area contributed by atoms with Gasteiger partial charge in [-0.2, -0.15) is 0 Å². The summed E-state index contributed by atoms with van der Waals surface area (Å²) in [6.07, 6.45) is 3.26. The van der Waals surface area contributed by atoms with Gasteiger partial charge >= 0.3 is 0 Å². The third-order valence-corrected chi connectivity index (χ3v) is 4.08. The fraction of sp³-hybridized carbons (Fsp3) is 0.667. The lowest BCUT2D eigenvalue weighted by atomic mass is 10.0. The van der Waals surface area contributed by atoms with Gasteiger partial charge in [0.2, 0.25) is 0 Å². The van der Waals surface area contributed by atoms with Crippen LogP contribution in [0.3, 0.4) is 0 Å². The molecule has 0 saturated heterocycles. The zero-order valence-electron chi connectivity index (χ0n) is 14.0. The summed E-state index contributed by atoms with van der Waals surface area (Å²) in [6.45, 7) is 11.1. The average molecular weight is 294 g/mol. The molecular formula is C18H31FN2. The molecule has 0 spiro atoms. The molecule has 0 amide bonds. The molecule has 2 nitrogen and oxygen atoms in total. The molecular weight excluding hydrogens is 263 g/mol. The van der Waals surface area contributed by atoms with E-state index in [0.29, 0.717) is 12.0 Å². The van der Waals surface area contributed by atoms with E-state index in [9.17, 15) is 4.39 Å². The summed E-state index contributed by atoms with van der Waals surface area (Å²) in [5, 5.41) is 0. The molecule has 0 aliphatic heterocycles. The van der Waals surface area contributed by atoms with E-state index >= 15 is 0 Å². The van der Waals surface area contributed by atoms with Gasteiger partial charge in [0.1, 0.15) is 5.82 Å². The zero-order valence-corrected chi connectivity index (χ0v) is 14.0. The Labute approximate surface area is 129 Å². The summed E-state index contributed by atoms with van der Waals surface area (Å²) >= 11 is 0. The highest BCUT2D eigenvalue weighted by Gasteiger charge is 2.17. The normalized spacial score (nSPS) is 13.4. The molecule has 1 aromatic rings. The number of rotatable bonds is 9. The van der Waals surface area contributed by atoms with Crippen LogP contribution in [0.2, 0.25) is 0 Å². The number of halogens is 1. The van der Waals surface area contributed by atoms with Crippen LogP contribution in [-0.4, -0.2) is 24.0 Å². The van der Waals surface area contributed by atoms with E-state index in [1.807, 2.05) is 0 Å². The molecule has 1 rings (SSSR count). The first-order valence-electron chi connectivity index (χ1n) is 8.22. The van der Waals surface area contributed by atoms with Crippen LogP contribution in [0.5, 0.6) is 0 Å². The Bertz CT molecular complexity index is 385. The smallest absolute Gasteiger partial charge is 0.123 e. The van der Waals surface area contributed by atoms with Crippen LogP contribution < -0.4 is 5.73 Å². The number of hydrogen-bond donors (Lipinski definition) is 1. The van der Waals surface area contributed by atoms with E-state index in [1.54, 1.807) is 12.1 Å². The molecule has 0 fully saturated rings. The van der Waals surface area contributed by atoms with Crippen molar-refractivity contribution in [2.75, 3.05) is 13.1 Å². The van der Waals surface area contributed by atoms with Crippen LogP contribution in [0, 0.1) is 11.7 Å². The van der Waals surface area contributed by atoms with Crippen molar-refractivity contribution < 1.29 is 4.39 Å². The second-order valence-corrected chi connectivity index (χ2v) is 6.31. The molecule has 21 heavy (non-hydrogen) atoms. The molecule has 2 N–H and O–H groups in total. The van der Waals surface area contributed by atoms with Gasteiger partial charge in [-0.1, -0.05) is 39.8 Å². The first-order chi connectivity index (χ1) is 9.97. The van der Waals surface area contributed by atoms with E-state index in [1.165, 1.54) is 25.0 Å². The summed E-state index contributed by atoms with van der Waals surface area (Å²) in [6, 6.07) is 7.18. The standard InChI is InChI=1S/C18H31FN2/c1-5-17(6-2)21(13-14(3)4)12-11-18(20)15-7-9-16(19)10-8-15/h7-10,14,17-18H,5-6,11-13,20H2,1-4H3.